The Morgan fingerprint density at radius 1 is 0.967 bits per heavy atom. The molecule has 0 bridgehead atoms. The summed E-state index contributed by atoms with van der Waals surface area (Å²) in [6.45, 7) is 0.615. The molecule has 3 aliphatic rings. The topological polar surface area (TPSA) is 231 Å². The van der Waals surface area contributed by atoms with Gasteiger partial charge in [-0.3, -0.25) is 43.0 Å². The van der Waals surface area contributed by atoms with Gasteiger partial charge in [-0.1, -0.05) is 24.3 Å². The van der Waals surface area contributed by atoms with Crippen molar-refractivity contribution in [3.8, 4) is 22.4 Å². The molecule has 6 amide bonds. The fourth-order valence-electron chi connectivity index (χ4n) is 7.36. The summed E-state index contributed by atoms with van der Waals surface area (Å²) in [5.41, 5.74) is 5.21. The monoisotopic (exact) mass is 849 g/mol. The van der Waals surface area contributed by atoms with Crippen molar-refractivity contribution in [3.05, 3.63) is 107 Å². The number of fused-ring (bicyclic) bond motifs is 1. The second-order valence-electron chi connectivity index (χ2n) is 14.8. The third kappa shape index (κ3) is 8.26. The molecular formula is C41H39N9O8S2. The quantitative estimate of drug-likeness (QED) is 0.0806. The number of piperidine rings is 1. The number of rotatable bonds is 14. The van der Waals surface area contributed by atoms with Crippen LogP contribution in [-0.2, 0) is 41.2 Å². The number of pyridine rings is 1. The van der Waals surface area contributed by atoms with E-state index in [0.717, 1.165) is 38.2 Å². The average Bonchev–Trinajstić information content (AvgIpc) is 3.50. The third-order valence-corrected chi connectivity index (χ3v) is 12.5. The normalized spacial score (nSPS) is 16.8. The number of imide groups is 1. The lowest BCUT2D eigenvalue weighted by Crippen LogP contribution is -2.52. The van der Waals surface area contributed by atoms with E-state index in [9.17, 15) is 37.2 Å². The number of carbonyl (C=O) groups excluding carboxylic acids is 6. The van der Waals surface area contributed by atoms with Crippen LogP contribution in [0.1, 0.15) is 57.7 Å². The van der Waals surface area contributed by atoms with Crippen LogP contribution < -0.4 is 26.6 Å². The Morgan fingerprint density at radius 2 is 1.75 bits per heavy atom. The SMILES string of the molecule is CS(=O)(=O)n1ccc(C(=O)NCC(=O)Nc2nc(-c3cccc(-c4ccnc(C5(C(=O)NCCNc6cccc7c6CN(C6CCC(=O)NC6=O)C7=O)CC5)c4)c3)cs2)c1. The van der Waals surface area contributed by atoms with E-state index in [-0.39, 0.29) is 49.2 Å². The predicted octanol–water partition coefficient (Wildman–Crippen LogP) is 2.87. The smallest absolute Gasteiger partial charge is 0.255 e. The highest BCUT2D eigenvalue weighted by molar-refractivity contribution is 7.89. The summed E-state index contributed by atoms with van der Waals surface area (Å²) in [4.78, 5) is 86.6. The van der Waals surface area contributed by atoms with Gasteiger partial charge >= 0.3 is 0 Å². The first-order valence-electron chi connectivity index (χ1n) is 19.1. The molecule has 19 heteroatoms. The Morgan fingerprint density at radius 3 is 2.52 bits per heavy atom. The van der Waals surface area contributed by atoms with E-state index >= 15 is 0 Å². The highest BCUT2D eigenvalue weighted by atomic mass is 32.2. The van der Waals surface area contributed by atoms with Crippen molar-refractivity contribution in [2.24, 2.45) is 0 Å². The fraction of sp³-hybridized carbons (Fsp3) is 0.268. The molecule has 1 atom stereocenters. The number of hydrogen-bond donors (Lipinski definition) is 5. The maximum absolute atomic E-state index is 13.6. The molecule has 2 aromatic carbocycles. The molecule has 2 fully saturated rings. The minimum absolute atomic E-state index is 0.0993. The fourth-order valence-corrected chi connectivity index (χ4v) is 8.68. The molecule has 5 aromatic rings. The van der Waals surface area contributed by atoms with Crippen LogP contribution in [0, 0.1) is 0 Å². The molecule has 17 nitrogen and oxygen atoms in total. The number of aromatic nitrogens is 3. The van der Waals surface area contributed by atoms with Gasteiger partial charge in [0.25, 0.3) is 11.8 Å². The maximum Gasteiger partial charge on any atom is 0.255 e. The number of benzene rings is 2. The summed E-state index contributed by atoms with van der Waals surface area (Å²) < 4.78 is 24.3. The summed E-state index contributed by atoms with van der Waals surface area (Å²) in [5, 5.41) is 16.0. The van der Waals surface area contributed by atoms with E-state index in [1.165, 1.54) is 34.7 Å². The molecule has 1 saturated carbocycles. The van der Waals surface area contributed by atoms with Gasteiger partial charge in [-0.25, -0.2) is 13.4 Å². The van der Waals surface area contributed by atoms with Gasteiger partial charge in [-0.2, -0.15) is 0 Å². The Labute approximate surface area is 348 Å². The van der Waals surface area contributed by atoms with Gasteiger partial charge in [0.15, 0.2) is 5.13 Å². The highest BCUT2D eigenvalue weighted by Gasteiger charge is 2.52. The average molecular weight is 850 g/mol. The molecule has 0 spiro atoms. The Hall–Kier alpha value is -6.73. The van der Waals surface area contributed by atoms with Crippen molar-refractivity contribution in [1.82, 2.24) is 34.8 Å². The van der Waals surface area contributed by atoms with Crippen molar-refractivity contribution in [3.63, 3.8) is 0 Å². The van der Waals surface area contributed by atoms with Gasteiger partial charge in [0.2, 0.25) is 33.7 Å². The van der Waals surface area contributed by atoms with E-state index in [4.69, 9.17) is 0 Å². The van der Waals surface area contributed by atoms with Gasteiger partial charge in [0.1, 0.15) is 6.04 Å². The van der Waals surface area contributed by atoms with Crippen molar-refractivity contribution in [1.29, 1.82) is 0 Å². The number of amides is 6. The zero-order valence-corrected chi connectivity index (χ0v) is 33.8. The first-order valence-corrected chi connectivity index (χ1v) is 21.8. The van der Waals surface area contributed by atoms with Crippen LogP contribution in [-0.4, -0.2) is 94.6 Å². The van der Waals surface area contributed by atoms with E-state index in [0.29, 0.717) is 48.0 Å². The van der Waals surface area contributed by atoms with Crippen LogP contribution in [0.4, 0.5) is 10.8 Å². The molecule has 5 N–H and O–H groups in total. The summed E-state index contributed by atoms with van der Waals surface area (Å²) in [6.07, 6.45) is 6.90. The van der Waals surface area contributed by atoms with Crippen LogP contribution >= 0.6 is 11.3 Å². The molecule has 5 heterocycles. The minimum Gasteiger partial charge on any atom is -0.383 e. The molecule has 308 valence electrons. The lowest BCUT2D eigenvalue weighted by Gasteiger charge is -2.29. The van der Waals surface area contributed by atoms with Crippen LogP contribution in [0.2, 0.25) is 0 Å². The molecular weight excluding hydrogens is 811 g/mol. The molecule has 1 unspecified atom stereocenters. The number of nitrogens with one attached hydrogen (secondary N) is 5. The number of anilines is 2. The molecule has 0 radical (unpaired) electrons. The molecule has 2 aliphatic heterocycles. The lowest BCUT2D eigenvalue weighted by atomic mass is 9.96. The molecule has 1 aliphatic carbocycles. The van der Waals surface area contributed by atoms with E-state index in [2.05, 4.69) is 36.6 Å². The van der Waals surface area contributed by atoms with Gasteiger partial charge in [-0.15, -0.1) is 11.3 Å². The molecule has 3 aromatic heterocycles. The van der Waals surface area contributed by atoms with Gasteiger partial charge in [-0.05, 0) is 66.8 Å². The number of thiazole rings is 1. The zero-order chi connectivity index (χ0) is 42.2. The predicted molar refractivity (Wildman–Crippen MR) is 221 cm³/mol. The number of hydrogen-bond acceptors (Lipinski definition) is 12. The van der Waals surface area contributed by atoms with E-state index in [1.54, 1.807) is 23.7 Å². The van der Waals surface area contributed by atoms with E-state index in [1.807, 2.05) is 42.5 Å². The second kappa shape index (κ2) is 16.1. The van der Waals surface area contributed by atoms with Gasteiger partial charge in [0.05, 0.1) is 35.2 Å². The molecule has 1 saturated heterocycles. The minimum atomic E-state index is -3.54. The standard InChI is InChI=1S/C41H39N9O8S2/c1-60(57,58)49-17-11-27(21-49)36(53)45-20-35(52)48-40-46-31(23-59-40)26-5-2-4-24(18-26)25-10-14-43-33(19-25)41(12-13-41)39(56)44-16-15-42-30-7-3-6-28-29(30)22-50(38(28)55)32-8-9-34(51)47-37(32)54/h2-7,10-11,14,17-19,21,23,32,42H,8-9,12-13,15-16,20,22H2,1H3,(H,44,56)(H,45,53)(H,46,48,52)(H,47,51,54). The largest absolute Gasteiger partial charge is 0.383 e. The van der Waals surface area contributed by atoms with Crippen LogP contribution in [0.15, 0.2) is 84.6 Å². The first kappa shape index (κ1) is 40.1. The number of nitrogens with zero attached hydrogens (tertiary/aromatic N) is 4. The maximum atomic E-state index is 13.6. The lowest BCUT2D eigenvalue weighted by molar-refractivity contribution is -0.137. The zero-order valence-electron chi connectivity index (χ0n) is 32.2. The van der Waals surface area contributed by atoms with Crippen molar-refractivity contribution in [2.45, 2.75) is 43.7 Å². The van der Waals surface area contributed by atoms with Crippen LogP contribution in [0.25, 0.3) is 22.4 Å². The molecule has 8 rings (SSSR count). The van der Waals surface area contributed by atoms with Crippen molar-refractivity contribution in [2.75, 3.05) is 36.5 Å². The Bertz CT molecular complexity index is 2690. The molecule has 60 heavy (non-hydrogen) atoms. The summed E-state index contributed by atoms with van der Waals surface area (Å²) in [6, 6.07) is 17.5. The summed E-state index contributed by atoms with van der Waals surface area (Å²) in [7, 11) is -3.54. The van der Waals surface area contributed by atoms with Gasteiger partial charge < -0.3 is 26.2 Å². The van der Waals surface area contributed by atoms with Crippen molar-refractivity contribution < 1.29 is 37.2 Å². The number of carbonyl (C=O) groups is 6. The van der Waals surface area contributed by atoms with Gasteiger partial charge in [0, 0.05) is 72.4 Å². The van der Waals surface area contributed by atoms with Crippen LogP contribution in [0.3, 0.4) is 0 Å². The van der Waals surface area contributed by atoms with Crippen LogP contribution in [0.5, 0.6) is 0 Å². The first-order chi connectivity index (χ1) is 28.8. The summed E-state index contributed by atoms with van der Waals surface area (Å²) >= 11 is 1.22. The van der Waals surface area contributed by atoms with Crippen molar-refractivity contribution >= 4 is 67.6 Å². The highest BCUT2D eigenvalue weighted by Crippen LogP contribution is 2.48. The van der Waals surface area contributed by atoms with E-state index < -0.39 is 39.2 Å². The summed E-state index contributed by atoms with van der Waals surface area (Å²) in [5.74, 6) is -2.28. The Kier molecular flexibility index (Phi) is 10.8. The Balaban J connectivity index is 0.850. The second-order valence-corrected chi connectivity index (χ2v) is 17.5. The third-order valence-electron chi connectivity index (χ3n) is 10.7.